The molecule has 0 bridgehead atoms. The van der Waals surface area contributed by atoms with Crippen LogP contribution in [-0.2, 0) is 0 Å². The number of benzene rings is 1. The monoisotopic (exact) mass is 301 g/mol. The number of methoxy groups -OCH3 is 1. The van der Waals surface area contributed by atoms with Gasteiger partial charge in [-0.25, -0.2) is 18.7 Å². The number of nitrogens with zero attached hydrogens (tertiary/aromatic N) is 2. The molecule has 5 nitrogen and oxygen atoms in total. The van der Waals surface area contributed by atoms with Crippen molar-refractivity contribution in [2.75, 3.05) is 12.8 Å². The summed E-state index contributed by atoms with van der Waals surface area (Å²) in [5.41, 5.74) is 5.20. The van der Waals surface area contributed by atoms with Crippen LogP contribution in [0.4, 0.5) is 14.6 Å². The lowest BCUT2D eigenvalue weighted by molar-refractivity contribution is 0.207. The number of halogens is 3. The molecule has 1 heterocycles. The van der Waals surface area contributed by atoms with E-state index < -0.39 is 17.7 Å². The number of hydrogen-bond acceptors (Lipinski definition) is 5. The minimum atomic E-state index is -1.59. The summed E-state index contributed by atoms with van der Waals surface area (Å²) in [5.74, 6) is -2.51. The largest absolute Gasteiger partial charge is 0.496 e. The second kappa shape index (κ2) is 5.56. The Hall–Kier alpha value is -1.99. The number of aliphatic hydroxyl groups excluding tert-OH is 1. The highest BCUT2D eigenvalue weighted by Crippen LogP contribution is 2.34. The summed E-state index contributed by atoms with van der Waals surface area (Å²) >= 11 is 5.54. The van der Waals surface area contributed by atoms with Gasteiger partial charge in [-0.1, -0.05) is 0 Å². The van der Waals surface area contributed by atoms with Gasteiger partial charge in [0, 0.05) is 11.8 Å². The second-order valence-corrected chi connectivity index (χ2v) is 4.20. The Morgan fingerprint density at radius 1 is 1.40 bits per heavy atom. The fourth-order valence-electron chi connectivity index (χ4n) is 1.73. The topological polar surface area (TPSA) is 81.3 Å². The molecular formula is C12H10ClF2N3O2. The van der Waals surface area contributed by atoms with E-state index in [2.05, 4.69) is 9.97 Å². The van der Waals surface area contributed by atoms with Gasteiger partial charge in [0.15, 0.2) is 11.6 Å². The Balaban J connectivity index is 2.58. The molecule has 0 saturated carbocycles. The number of aliphatic hydroxyl groups is 1. The van der Waals surface area contributed by atoms with Crippen molar-refractivity contribution >= 4 is 17.4 Å². The highest BCUT2D eigenvalue weighted by Gasteiger charge is 2.25. The Morgan fingerprint density at radius 2 is 2.10 bits per heavy atom. The van der Waals surface area contributed by atoms with Crippen LogP contribution in [-0.4, -0.2) is 22.2 Å². The Bertz CT molecular complexity index is 655. The van der Waals surface area contributed by atoms with Crippen molar-refractivity contribution in [3.63, 3.8) is 0 Å². The zero-order valence-corrected chi connectivity index (χ0v) is 11.0. The average molecular weight is 302 g/mol. The number of hydrogen-bond donors (Lipinski definition) is 2. The molecule has 106 valence electrons. The molecule has 0 spiro atoms. The molecule has 3 N–H and O–H groups in total. The number of rotatable bonds is 3. The summed E-state index contributed by atoms with van der Waals surface area (Å²) in [6, 6.07) is 2.09. The lowest BCUT2D eigenvalue weighted by atomic mass is 10.0. The van der Waals surface area contributed by atoms with E-state index in [1.54, 1.807) is 0 Å². The fraction of sp³-hybridized carbons (Fsp3) is 0.167. The van der Waals surface area contributed by atoms with Gasteiger partial charge in [0.05, 0.1) is 12.7 Å². The maximum absolute atomic E-state index is 13.9. The molecule has 0 aliphatic heterocycles. The normalized spacial score (nSPS) is 12.2. The third kappa shape index (κ3) is 2.50. The second-order valence-electron chi connectivity index (χ2n) is 3.86. The first kappa shape index (κ1) is 14.4. The van der Waals surface area contributed by atoms with Gasteiger partial charge in [-0.3, -0.25) is 0 Å². The standard InChI is InChI=1S/C12H10ClF2N3O2/c1-20-7-3-2-6(14)9(15)8(7)10(19)5-4-17-12(13)18-11(5)16/h2-4,10,19H,1H3,(H2,16,17,18). The molecule has 0 amide bonds. The number of nitrogen functional groups attached to an aromatic ring is 1. The molecule has 0 aliphatic carbocycles. The molecule has 0 radical (unpaired) electrons. The van der Waals surface area contributed by atoms with Crippen LogP contribution in [0.2, 0.25) is 5.28 Å². The van der Waals surface area contributed by atoms with E-state index in [1.165, 1.54) is 13.2 Å². The molecule has 0 fully saturated rings. The van der Waals surface area contributed by atoms with E-state index in [-0.39, 0.29) is 28.0 Å². The summed E-state index contributed by atoms with van der Waals surface area (Å²) in [6.45, 7) is 0. The molecule has 0 saturated heterocycles. The van der Waals surface area contributed by atoms with Crippen LogP contribution >= 0.6 is 11.6 Å². The van der Waals surface area contributed by atoms with Gasteiger partial charge in [0.25, 0.3) is 0 Å². The third-order valence-corrected chi connectivity index (χ3v) is 2.88. The maximum Gasteiger partial charge on any atom is 0.224 e. The highest BCUT2D eigenvalue weighted by molar-refractivity contribution is 6.28. The highest BCUT2D eigenvalue weighted by atomic mass is 35.5. The van der Waals surface area contributed by atoms with Gasteiger partial charge in [-0.2, -0.15) is 0 Å². The summed E-state index contributed by atoms with van der Waals surface area (Å²) in [6.07, 6.45) is -0.447. The van der Waals surface area contributed by atoms with Crippen LogP contribution < -0.4 is 10.5 Å². The summed E-state index contributed by atoms with van der Waals surface area (Å²) in [5, 5.41) is 10.1. The first-order valence-electron chi connectivity index (χ1n) is 5.43. The van der Waals surface area contributed by atoms with Crippen LogP contribution in [0.1, 0.15) is 17.2 Å². The first-order valence-corrected chi connectivity index (χ1v) is 5.81. The fourth-order valence-corrected chi connectivity index (χ4v) is 1.87. The lowest BCUT2D eigenvalue weighted by Crippen LogP contribution is -2.10. The molecule has 1 aromatic heterocycles. The van der Waals surface area contributed by atoms with Crippen LogP contribution in [0.5, 0.6) is 5.75 Å². The van der Waals surface area contributed by atoms with E-state index in [0.29, 0.717) is 0 Å². The van der Waals surface area contributed by atoms with Crippen molar-refractivity contribution in [3.8, 4) is 5.75 Å². The summed E-state index contributed by atoms with van der Waals surface area (Å²) < 4.78 is 32.1. The molecular weight excluding hydrogens is 292 g/mol. The van der Waals surface area contributed by atoms with Gasteiger partial charge < -0.3 is 15.6 Å². The van der Waals surface area contributed by atoms with Gasteiger partial charge in [-0.05, 0) is 23.7 Å². The van der Waals surface area contributed by atoms with Crippen molar-refractivity contribution in [1.29, 1.82) is 0 Å². The average Bonchev–Trinajstić information content (AvgIpc) is 2.41. The molecule has 1 aromatic carbocycles. The van der Waals surface area contributed by atoms with Crippen LogP contribution in [0, 0.1) is 11.6 Å². The van der Waals surface area contributed by atoms with E-state index >= 15 is 0 Å². The number of ether oxygens (including phenoxy) is 1. The van der Waals surface area contributed by atoms with Crippen molar-refractivity contribution in [3.05, 3.63) is 46.4 Å². The van der Waals surface area contributed by atoms with Crippen LogP contribution in [0.15, 0.2) is 18.3 Å². The predicted molar refractivity (Wildman–Crippen MR) is 68.4 cm³/mol. The summed E-state index contributed by atoms with van der Waals surface area (Å²) in [4.78, 5) is 7.29. The van der Waals surface area contributed by atoms with Gasteiger partial charge in [-0.15, -0.1) is 0 Å². The van der Waals surface area contributed by atoms with Crippen molar-refractivity contribution < 1.29 is 18.6 Å². The van der Waals surface area contributed by atoms with Crippen LogP contribution in [0.3, 0.4) is 0 Å². The van der Waals surface area contributed by atoms with Gasteiger partial charge in [0.1, 0.15) is 17.7 Å². The van der Waals surface area contributed by atoms with Gasteiger partial charge in [0.2, 0.25) is 5.28 Å². The summed E-state index contributed by atoms with van der Waals surface area (Å²) in [7, 11) is 1.27. The number of anilines is 1. The maximum atomic E-state index is 13.9. The number of nitrogens with two attached hydrogens (primary N) is 1. The van der Waals surface area contributed by atoms with Crippen molar-refractivity contribution in [1.82, 2.24) is 9.97 Å². The molecule has 0 aliphatic rings. The van der Waals surface area contributed by atoms with Crippen molar-refractivity contribution in [2.24, 2.45) is 0 Å². The molecule has 2 aromatic rings. The molecule has 2 rings (SSSR count). The first-order chi connectivity index (χ1) is 9.45. The molecule has 20 heavy (non-hydrogen) atoms. The quantitative estimate of drug-likeness (QED) is 0.848. The zero-order chi connectivity index (χ0) is 14.9. The lowest BCUT2D eigenvalue weighted by Gasteiger charge is -2.17. The Morgan fingerprint density at radius 3 is 2.70 bits per heavy atom. The predicted octanol–water partition coefficient (Wildman–Crippen LogP) is 2.08. The third-order valence-electron chi connectivity index (χ3n) is 2.70. The van der Waals surface area contributed by atoms with E-state index in [1.807, 2.05) is 0 Å². The minimum Gasteiger partial charge on any atom is -0.496 e. The smallest absolute Gasteiger partial charge is 0.224 e. The Labute approximate surface area is 118 Å². The Kier molecular flexibility index (Phi) is 4.01. The van der Waals surface area contributed by atoms with Crippen LogP contribution in [0.25, 0.3) is 0 Å². The molecule has 8 heteroatoms. The minimum absolute atomic E-state index is 0.00259. The number of aromatic nitrogens is 2. The molecule has 1 atom stereocenters. The van der Waals surface area contributed by atoms with E-state index in [4.69, 9.17) is 22.1 Å². The molecule has 1 unspecified atom stereocenters. The van der Waals surface area contributed by atoms with Gasteiger partial charge >= 0.3 is 0 Å². The zero-order valence-electron chi connectivity index (χ0n) is 10.3. The SMILES string of the molecule is COc1ccc(F)c(F)c1C(O)c1cnc(Cl)nc1N. The van der Waals surface area contributed by atoms with E-state index in [0.717, 1.165) is 12.3 Å². The van der Waals surface area contributed by atoms with Crippen molar-refractivity contribution in [2.45, 2.75) is 6.10 Å². The van der Waals surface area contributed by atoms with E-state index in [9.17, 15) is 13.9 Å².